The van der Waals surface area contributed by atoms with Crippen molar-refractivity contribution in [3.05, 3.63) is 0 Å². The third-order valence-electron chi connectivity index (χ3n) is 4.49. The van der Waals surface area contributed by atoms with E-state index in [1.807, 2.05) is 0 Å². The lowest BCUT2D eigenvalue weighted by Crippen LogP contribution is -2.57. The zero-order valence-electron chi connectivity index (χ0n) is 10.2. The molecule has 0 radical (unpaired) electrons. The summed E-state index contributed by atoms with van der Waals surface area (Å²) in [5.41, 5.74) is -0.00843. The van der Waals surface area contributed by atoms with Gasteiger partial charge in [-0.3, -0.25) is 4.90 Å². The lowest BCUT2D eigenvalue weighted by molar-refractivity contribution is -0.0672. The molecule has 2 aliphatic rings. The highest BCUT2D eigenvalue weighted by atomic mass is 16.3. The quantitative estimate of drug-likeness (QED) is 0.775. The number of nitrogens with zero attached hydrogens (tertiary/aromatic N) is 1. The molecule has 2 rings (SSSR count). The Balaban J connectivity index is 1.96. The molecule has 15 heavy (non-hydrogen) atoms. The molecule has 0 aromatic rings. The summed E-state index contributed by atoms with van der Waals surface area (Å²) in [6.07, 6.45) is 7.65. The Morgan fingerprint density at radius 1 is 1.07 bits per heavy atom. The van der Waals surface area contributed by atoms with Gasteiger partial charge in [0.05, 0.1) is 6.10 Å². The van der Waals surface area contributed by atoms with Gasteiger partial charge in [0.25, 0.3) is 0 Å². The Hall–Kier alpha value is -0.0800. The lowest BCUT2D eigenvalue weighted by atomic mass is 9.73. The maximum Gasteiger partial charge on any atom is 0.0746 e. The third-order valence-corrected chi connectivity index (χ3v) is 4.49. The van der Waals surface area contributed by atoms with E-state index >= 15 is 0 Å². The molecule has 2 heteroatoms. The fourth-order valence-corrected chi connectivity index (χ4v) is 2.99. The van der Waals surface area contributed by atoms with Gasteiger partial charge in [0.2, 0.25) is 0 Å². The van der Waals surface area contributed by atoms with Gasteiger partial charge < -0.3 is 5.11 Å². The lowest BCUT2D eigenvalue weighted by Gasteiger charge is -2.48. The van der Waals surface area contributed by atoms with Crippen molar-refractivity contribution < 1.29 is 5.11 Å². The Bertz CT molecular complexity index is 201. The molecule has 2 nitrogen and oxygen atoms in total. The first-order valence-electron chi connectivity index (χ1n) is 6.55. The predicted octanol–water partition coefficient (Wildman–Crippen LogP) is 2.41. The summed E-state index contributed by atoms with van der Waals surface area (Å²) in [6.45, 7) is 6.80. The molecular weight excluding hydrogens is 186 g/mol. The molecule has 88 valence electrons. The molecule has 1 saturated carbocycles. The highest BCUT2D eigenvalue weighted by Gasteiger charge is 2.40. The maximum atomic E-state index is 10.4. The van der Waals surface area contributed by atoms with Gasteiger partial charge in [0.1, 0.15) is 0 Å². The van der Waals surface area contributed by atoms with Crippen LogP contribution >= 0.6 is 0 Å². The molecule has 0 aromatic heterocycles. The van der Waals surface area contributed by atoms with Crippen LogP contribution in [0.2, 0.25) is 0 Å². The smallest absolute Gasteiger partial charge is 0.0746 e. The molecule has 0 amide bonds. The monoisotopic (exact) mass is 211 g/mol. The number of aliphatic hydroxyl groups excluding tert-OH is 1. The second-order valence-corrected chi connectivity index (χ2v) is 5.84. The van der Waals surface area contributed by atoms with Crippen LogP contribution in [0.15, 0.2) is 0 Å². The second kappa shape index (κ2) is 4.42. The number of rotatable bonds is 3. The molecule has 2 fully saturated rings. The van der Waals surface area contributed by atoms with Crippen LogP contribution in [0.4, 0.5) is 0 Å². The van der Waals surface area contributed by atoms with Crippen molar-refractivity contribution in [2.75, 3.05) is 13.1 Å². The van der Waals surface area contributed by atoms with Gasteiger partial charge in [-0.1, -0.05) is 12.8 Å². The molecule has 1 saturated heterocycles. The molecule has 1 N–H and O–H groups in total. The minimum Gasteiger partial charge on any atom is -0.391 e. The summed E-state index contributed by atoms with van der Waals surface area (Å²) in [7, 11) is 0. The molecule has 1 aliphatic heterocycles. The average Bonchev–Trinajstić information content (AvgIpc) is 2.16. The van der Waals surface area contributed by atoms with Gasteiger partial charge in [-0.25, -0.2) is 0 Å². The third kappa shape index (κ3) is 2.21. The minimum absolute atomic E-state index is 0.00843. The molecule has 1 aliphatic carbocycles. The molecule has 0 aromatic carbocycles. The van der Waals surface area contributed by atoms with Crippen molar-refractivity contribution in [3.63, 3.8) is 0 Å². The Labute approximate surface area is 93.7 Å². The summed E-state index contributed by atoms with van der Waals surface area (Å²) in [6, 6.07) is 0. The number of aliphatic hydroxyl groups is 1. The molecule has 0 spiro atoms. The first kappa shape index (κ1) is 11.4. The highest BCUT2D eigenvalue weighted by molar-refractivity contribution is 4.95. The number of hydrogen-bond acceptors (Lipinski definition) is 2. The van der Waals surface area contributed by atoms with Crippen molar-refractivity contribution >= 4 is 0 Å². The van der Waals surface area contributed by atoms with Gasteiger partial charge in [0, 0.05) is 5.54 Å². The fraction of sp³-hybridized carbons (Fsp3) is 1.00. The Kier molecular flexibility index (Phi) is 3.36. The Morgan fingerprint density at radius 3 is 2.13 bits per heavy atom. The van der Waals surface area contributed by atoms with E-state index in [2.05, 4.69) is 18.7 Å². The zero-order chi connectivity index (χ0) is 10.9. The largest absolute Gasteiger partial charge is 0.391 e. The van der Waals surface area contributed by atoms with Gasteiger partial charge >= 0.3 is 0 Å². The van der Waals surface area contributed by atoms with E-state index in [9.17, 15) is 5.11 Å². The maximum absolute atomic E-state index is 10.4. The topological polar surface area (TPSA) is 23.5 Å². The van der Waals surface area contributed by atoms with E-state index in [4.69, 9.17) is 0 Å². The van der Waals surface area contributed by atoms with Gasteiger partial charge in [-0.05, 0) is 58.5 Å². The first-order chi connectivity index (χ1) is 7.12. The number of piperidine rings is 1. The van der Waals surface area contributed by atoms with Gasteiger partial charge in [-0.15, -0.1) is 0 Å². The molecule has 1 unspecified atom stereocenters. The van der Waals surface area contributed by atoms with E-state index in [1.54, 1.807) is 0 Å². The predicted molar refractivity (Wildman–Crippen MR) is 62.9 cm³/mol. The van der Waals surface area contributed by atoms with Crippen molar-refractivity contribution in [2.45, 2.75) is 64.0 Å². The van der Waals surface area contributed by atoms with Crippen LogP contribution in [0.3, 0.4) is 0 Å². The van der Waals surface area contributed by atoms with Crippen LogP contribution < -0.4 is 0 Å². The first-order valence-corrected chi connectivity index (χ1v) is 6.55. The number of hydrogen-bond donors (Lipinski definition) is 1. The standard InChI is InChI=1S/C13H25NO/c1-13(2,12(15)11-7-6-8-11)14-9-4-3-5-10-14/h11-12,15H,3-10H2,1-2H3. The van der Waals surface area contributed by atoms with Gasteiger partial charge in [-0.2, -0.15) is 0 Å². The zero-order valence-corrected chi connectivity index (χ0v) is 10.2. The van der Waals surface area contributed by atoms with E-state index in [1.165, 1.54) is 51.6 Å². The van der Waals surface area contributed by atoms with E-state index in [0.29, 0.717) is 5.92 Å². The van der Waals surface area contributed by atoms with Crippen LogP contribution in [0.5, 0.6) is 0 Å². The molecule has 0 bridgehead atoms. The SMILES string of the molecule is CC(C)(C(O)C1CCC1)N1CCCCC1. The van der Waals surface area contributed by atoms with Crippen molar-refractivity contribution in [1.29, 1.82) is 0 Å². The van der Waals surface area contributed by atoms with Gasteiger partial charge in [0.15, 0.2) is 0 Å². The Morgan fingerprint density at radius 2 is 1.67 bits per heavy atom. The normalized spacial score (nSPS) is 27.4. The summed E-state index contributed by atoms with van der Waals surface area (Å²) in [4.78, 5) is 2.50. The summed E-state index contributed by atoms with van der Waals surface area (Å²) in [5.74, 6) is 0.571. The van der Waals surface area contributed by atoms with E-state index in [-0.39, 0.29) is 11.6 Å². The van der Waals surface area contributed by atoms with E-state index < -0.39 is 0 Å². The second-order valence-electron chi connectivity index (χ2n) is 5.84. The van der Waals surface area contributed by atoms with Crippen molar-refractivity contribution in [1.82, 2.24) is 4.90 Å². The van der Waals surface area contributed by atoms with Crippen LogP contribution in [0.1, 0.15) is 52.4 Å². The average molecular weight is 211 g/mol. The minimum atomic E-state index is -0.121. The molecule has 1 atom stereocenters. The fourth-order valence-electron chi connectivity index (χ4n) is 2.99. The molecule has 1 heterocycles. The summed E-state index contributed by atoms with van der Waals surface area (Å²) in [5, 5.41) is 10.4. The summed E-state index contributed by atoms with van der Waals surface area (Å²) >= 11 is 0. The van der Waals surface area contributed by atoms with Crippen LogP contribution in [-0.4, -0.2) is 34.7 Å². The van der Waals surface area contributed by atoms with Crippen LogP contribution in [0.25, 0.3) is 0 Å². The number of likely N-dealkylation sites (tertiary alicyclic amines) is 1. The van der Waals surface area contributed by atoms with E-state index in [0.717, 1.165) is 0 Å². The van der Waals surface area contributed by atoms with Crippen LogP contribution in [-0.2, 0) is 0 Å². The highest BCUT2D eigenvalue weighted by Crippen LogP contribution is 2.37. The summed E-state index contributed by atoms with van der Waals surface area (Å²) < 4.78 is 0. The van der Waals surface area contributed by atoms with Crippen molar-refractivity contribution in [2.24, 2.45) is 5.92 Å². The van der Waals surface area contributed by atoms with Crippen LogP contribution in [0, 0.1) is 5.92 Å². The molecular formula is C13H25NO. The van der Waals surface area contributed by atoms with Crippen molar-refractivity contribution in [3.8, 4) is 0 Å².